The molecule has 0 saturated carbocycles. The first kappa shape index (κ1) is 26.2. The van der Waals surface area contributed by atoms with Crippen molar-refractivity contribution in [3.05, 3.63) is 58.8 Å². The maximum atomic E-state index is 13.5. The fraction of sp³-hybridized carbons (Fsp3) is 0.391. The van der Waals surface area contributed by atoms with E-state index in [1.807, 2.05) is 19.9 Å². The standard InChI is InChI=1S/C23H27F3N4O2S2/c1-6-18(19-10-12-30(14-15(19)2)34(31,32)28-16(3)33-5)20-8-7-17(23(24,25)26)13-21(20)22-9-11-27-29(22)4/h6-9,11,13H,10,12,14H2,1-5H3. The van der Waals surface area contributed by atoms with Gasteiger partial charge in [-0.25, -0.2) is 0 Å². The van der Waals surface area contributed by atoms with Gasteiger partial charge in [0.15, 0.2) is 0 Å². The predicted molar refractivity (Wildman–Crippen MR) is 132 cm³/mol. The van der Waals surface area contributed by atoms with Gasteiger partial charge in [0.1, 0.15) is 0 Å². The Labute approximate surface area is 202 Å². The lowest BCUT2D eigenvalue weighted by Gasteiger charge is -2.29. The van der Waals surface area contributed by atoms with Crippen LogP contribution in [-0.4, -0.2) is 46.9 Å². The number of aromatic nitrogens is 2. The highest BCUT2D eigenvalue weighted by molar-refractivity contribution is 8.13. The fourth-order valence-electron chi connectivity index (χ4n) is 4.01. The van der Waals surface area contributed by atoms with Gasteiger partial charge in [-0.05, 0) is 68.4 Å². The largest absolute Gasteiger partial charge is 0.416 e. The molecule has 0 amide bonds. The molecule has 0 unspecified atom stereocenters. The molecule has 1 aromatic carbocycles. The first-order valence-corrected chi connectivity index (χ1v) is 13.2. The number of rotatable bonds is 5. The quantitative estimate of drug-likeness (QED) is 0.389. The predicted octanol–water partition coefficient (Wildman–Crippen LogP) is 5.56. The van der Waals surface area contributed by atoms with Crippen LogP contribution in [-0.2, 0) is 23.4 Å². The second kappa shape index (κ2) is 10.1. The molecule has 0 spiro atoms. The number of aryl methyl sites for hydroxylation is 1. The minimum absolute atomic E-state index is 0.168. The molecule has 0 radical (unpaired) electrons. The van der Waals surface area contributed by atoms with Crippen molar-refractivity contribution in [2.45, 2.75) is 33.4 Å². The lowest BCUT2D eigenvalue weighted by molar-refractivity contribution is -0.137. The number of nitrogens with zero attached hydrogens (tertiary/aromatic N) is 4. The SMILES string of the molecule is CC=C(C1=C(C)CN(S(=O)(=O)N=C(C)SC)CC1)c1ccc(C(F)(F)F)cc1-c1ccnn1C. The molecule has 2 aromatic rings. The smallest absolute Gasteiger partial charge is 0.268 e. The van der Waals surface area contributed by atoms with Crippen molar-refractivity contribution in [3.8, 4) is 11.3 Å². The Morgan fingerprint density at radius 3 is 2.50 bits per heavy atom. The summed E-state index contributed by atoms with van der Waals surface area (Å²) in [7, 11) is -2.13. The third-order valence-electron chi connectivity index (χ3n) is 5.75. The maximum Gasteiger partial charge on any atom is 0.416 e. The molecule has 34 heavy (non-hydrogen) atoms. The van der Waals surface area contributed by atoms with Crippen molar-refractivity contribution < 1.29 is 21.6 Å². The summed E-state index contributed by atoms with van der Waals surface area (Å²) >= 11 is 1.26. The van der Waals surface area contributed by atoms with Gasteiger partial charge in [0.2, 0.25) is 0 Å². The van der Waals surface area contributed by atoms with Gasteiger partial charge in [0, 0.05) is 31.9 Å². The number of allylic oxidation sites excluding steroid dienone is 2. The van der Waals surface area contributed by atoms with Crippen molar-refractivity contribution in [3.63, 3.8) is 0 Å². The van der Waals surface area contributed by atoms with Crippen LogP contribution in [0.1, 0.15) is 38.3 Å². The molecular weight excluding hydrogens is 485 g/mol. The topological polar surface area (TPSA) is 67.6 Å². The molecule has 184 valence electrons. The van der Waals surface area contributed by atoms with Gasteiger partial charge < -0.3 is 0 Å². The average Bonchev–Trinajstić information content (AvgIpc) is 3.20. The van der Waals surface area contributed by atoms with Crippen molar-refractivity contribution in [1.29, 1.82) is 0 Å². The summed E-state index contributed by atoms with van der Waals surface area (Å²) in [5.74, 6) is 0. The first-order chi connectivity index (χ1) is 15.9. The molecular formula is C23H27F3N4O2S2. The number of alkyl halides is 3. The Morgan fingerprint density at radius 2 is 1.97 bits per heavy atom. The second-order valence-electron chi connectivity index (χ2n) is 7.94. The van der Waals surface area contributed by atoms with E-state index in [2.05, 4.69) is 9.50 Å². The third-order valence-corrected chi connectivity index (χ3v) is 8.02. The Balaban J connectivity index is 2.07. The van der Waals surface area contributed by atoms with E-state index in [9.17, 15) is 21.6 Å². The Bertz CT molecular complexity index is 1280. The highest BCUT2D eigenvalue weighted by Crippen LogP contribution is 2.40. The van der Waals surface area contributed by atoms with Gasteiger partial charge >= 0.3 is 16.4 Å². The minimum Gasteiger partial charge on any atom is -0.268 e. The summed E-state index contributed by atoms with van der Waals surface area (Å²) in [6.45, 7) is 5.72. The van der Waals surface area contributed by atoms with Crippen LogP contribution in [0, 0.1) is 0 Å². The second-order valence-corrected chi connectivity index (χ2v) is 10.5. The number of hydrogen-bond acceptors (Lipinski definition) is 4. The van der Waals surface area contributed by atoms with Gasteiger partial charge in [-0.3, -0.25) is 4.68 Å². The molecule has 6 nitrogen and oxygen atoms in total. The first-order valence-electron chi connectivity index (χ1n) is 10.5. The van der Waals surface area contributed by atoms with Crippen molar-refractivity contribution >= 4 is 32.6 Å². The zero-order valence-electron chi connectivity index (χ0n) is 19.6. The van der Waals surface area contributed by atoms with Crippen LogP contribution >= 0.6 is 11.8 Å². The number of halogens is 3. The fourth-order valence-corrected chi connectivity index (χ4v) is 5.71. The summed E-state index contributed by atoms with van der Waals surface area (Å²) in [6, 6.07) is 5.38. The Hall–Kier alpha value is -2.37. The van der Waals surface area contributed by atoms with Crippen molar-refractivity contribution in [2.75, 3.05) is 19.3 Å². The van der Waals surface area contributed by atoms with Crippen LogP contribution in [0.15, 0.2) is 52.1 Å². The maximum absolute atomic E-state index is 13.5. The molecule has 2 heterocycles. The van der Waals surface area contributed by atoms with Gasteiger partial charge in [-0.15, -0.1) is 16.2 Å². The lowest BCUT2D eigenvalue weighted by Crippen LogP contribution is -2.36. The van der Waals surface area contributed by atoms with Crippen LogP contribution in [0.3, 0.4) is 0 Å². The summed E-state index contributed by atoms with van der Waals surface area (Å²) in [5.41, 5.74) is 3.40. The molecule has 3 rings (SSSR count). The normalized spacial score (nSPS) is 16.9. The van der Waals surface area contributed by atoms with Crippen LogP contribution in [0.25, 0.3) is 16.8 Å². The highest BCUT2D eigenvalue weighted by atomic mass is 32.2. The molecule has 1 aliphatic rings. The van der Waals surface area contributed by atoms with Gasteiger partial charge in [-0.2, -0.15) is 31.0 Å². The van der Waals surface area contributed by atoms with E-state index in [0.717, 1.165) is 28.9 Å². The van der Waals surface area contributed by atoms with E-state index in [1.54, 1.807) is 32.5 Å². The summed E-state index contributed by atoms with van der Waals surface area (Å²) in [6.07, 6.45) is 1.11. The summed E-state index contributed by atoms with van der Waals surface area (Å²) in [4.78, 5) is 0. The molecule has 0 bridgehead atoms. The number of hydrogen-bond donors (Lipinski definition) is 0. The van der Waals surface area contributed by atoms with E-state index in [1.165, 1.54) is 26.8 Å². The van der Waals surface area contributed by atoms with Crippen molar-refractivity contribution in [2.24, 2.45) is 11.4 Å². The van der Waals surface area contributed by atoms with Gasteiger partial charge in [-0.1, -0.05) is 17.7 Å². The molecule has 0 atom stereocenters. The minimum atomic E-state index is -4.48. The summed E-state index contributed by atoms with van der Waals surface area (Å²) in [5, 5.41) is 4.57. The molecule has 1 aliphatic heterocycles. The lowest BCUT2D eigenvalue weighted by atomic mass is 9.86. The van der Waals surface area contributed by atoms with Crippen LogP contribution in [0.4, 0.5) is 13.2 Å². The van der Waals surface area contributed by atoms with E-state index in [0.29, 0.717) is 28.3 Å². The molecule has 1 aromatic heterocycles. The van der Waals surface area contributed by atoms with E-state index in [4.69, 9.17) is 0 Å². The Morgan fingerprint density at radius 1 is 1.26 bits per heavy atom. The molecule has 0 N–H and O–H groups in total. The molecule has 0 saturated heterocycles. The average molecular weight is 513 g/mol. The van der Waals surface area contributed by atoms with Crippen molar-refractivity contribution in [1.82, 2.24) is 14.1 Å². The highest BCUT2D eigenvalue weighted by Gasteiger charge is 2.33. The van der Waals surface area contributed by atoms with Crippen LogP contribution in [0.5, 0.6) is 0 Å². The zero-order valence-corrected chi connectivity index (χ0v) is 21.3. The van der Waals surface area contributed by atoms with E-state index < -0.39 is 21.9 Å². The van der Waals surface area contributed by atoms with Gasteiger partial charge in [0.25, 0.3) is 0 Å². The molecule has 0 aliphatic carbocycles. The number of benzene rings is 1. The summed E-state index contributed by atoms with van der Waals surface area (Å²) < 4.78 is 72.5. The Kier molecular flexibility index (Phi) is 7.79. The molecule has 0 fully saturated rings. The number of thioether (sulfide) groups is 1. The van der Waals surface area contributed by atoms with E-state index >= 15 is 0 Å². The van der Waals surface area contributed by atoms with E-state index in [-0.39, 0.29) is 13.1 Å². The van der Waals surface area contributed by atoms with Gasteiger partial charge in [0.05, 0.1) is 16.3 Å². The zero-order chi connectivity index (χ0) is 25.3. The van der Waals surface area contributed by atoms with Crippen LogP contribution in [0.2, 0.25) is 0 Å². The monoisotopic (exact) mass is 512 g/mol. The third kappa shape index (κ3) is 5.47. The van der Waals surface area contributed by atoms with Crippen LogP contribution < -0.4 is 0 Å². The molecule has 11 heteroatoms.